The first-order chi connectivity index (χ1) is 9.02. The van der Waals surface area contributed by atoms with E-state index >= 15 is 0 Å². The Kier molecular flexibility index (Phi) is 6.67. The molecule has 0 saturated heterocycles. The Hall–Kier alpha value is -0.730. The van der Waals surface area contributed by atoms with E-state index in [9.17, 15) is 0 Å². The lowest BCUT2D eigenvalue weighted by atomic mass is 9.90. The highest BCUT2D eigenvalue weighted by Gasteiger charge is 2.19. The van der Waals surface area contributed by atoms with E-state index in [1.54, 1.807) is 0 Å². The molecule has 2 nitrogen and oxygen atoms in total. The van der Waals surface area contributed by atoms with Gasteiger partial charge < -0.3 is 10.5 Å². The van der Waals surface area contributed by atoms with Gasteiger partial charge in [-0.1, -0.05) is 25.4 Å². The fourth-order valence-corrected chi connectivity index (χ4v) is 2.70. The molecule has 0 heterocycles. The Balaban J connectivity index is 3.15. The first-order valence-electron chi connectivity index (χ1n) is 7.15. The Morgan fingerprint density at radius 3 is 2.63 bits per heavy atom. The number of nitrogens with two attached hydrogens (primary N) is 1. The predicted molar refractivity (Wildman–Crippen MR) is 83.4 cm³/mol. The van der Waals surface area contributed by atoms with Crippen molar-refractivity contribution in [2.75, 3.05) is 13.2 Å². The molecule has 0 aromatic heterocycles. The van der Waals surface area contributed by atoms with Crippen molar-refractivity contribution in [3.8, 4) is 5.75 Å². The van der Waals surface area contributed by atoms with Crippen molar-refractivity contribution in [3.63, 3.8) is 0 Å². The van der Waals surface area contributed by atoms with Crippen LogP contribution in [-0.2, 0) is 0 Å². The number of hydrogen-bond donors (Lipinski definition) is 1. The Bertz CT molecular complexity index is 418. The van der Waals surface area contributed by atoms with E-state index < -0.39 is 0 Å². The molecule has 108 valence electrons. The minimum absolute atomic E-state index is 0.424. The van der Waals surface area contributed by atoms with Gasteiger partial charge in [-0.25, -0.2) is 0 Å². The molecular formula is C16H26ClNO. The highest BCUT2D eigenvalue weighted by Crippen LogP contribution is 2.38. The molecule has 2 N–H and O–H groups in total. The zero-order valence-electron chi connectivity index (χ0n) is 12.6. The summed E-state index contributed by atoms with van der Waals surface area (Å²) in [6.45, 7) is 9.97. The van der Waals surface area contributed by atoms with Crippen LogP contribution in [0.25, 0.3) is 0 Å². The lowest BCUT2D eigenvalue weighted by molar-refractivity contribution is 0.309. The number of hydrogen-bond acceptors (Lipinski definition) is 2. The molecule has 19 heavy (non-hydrogen) atoms. The SMILES string of the molecule is CCCOc1c(C)cc(Cl)c(C)c1C(C)CCCN. The number of benzene rings is 1. The van der Waals surface area contributed by atoms with Gasteiger partial charge in [0.25, 0.3) is 0 Å². The average Bonchev–Trinajstić information content (AvgIpc) is 2.38. The molecule has 1 aromatic rings. The normalized spacial score (nSPS) is 12.5. The lowest BCUT2D eigenvalue weighted by Crippen LogP contribution is -2.08. The van der Waals surface area contributed by atoms with Crippen molar-refractivity contribution in [1.29, 1.82) is 0 Å². The molecule has 1 unspecified atom stereocenters. The summed E-state index contributed by atoms with van der Waals surface area (Å²) in [5.41, 5.74) is 9.14. The van der Waals surface area contributed by atoms with Crippen molar-refractivity contribution < 1.29 is 4.74 Å². The Morgan fingerprint density at radius 2 is 2.05 bits per heavy atom. The number of ether oxygens (including phenoxy) is 1. The Morgan fingerprint density at radius 1 is 1.37 bits per heavy atom. The fourth-order valence-electron chi connectivity index (χ4n) is 2.43. The van der Waals surface area contributed by atoms with E-state index in [4.69, 9.17) is 22.1 Å². The number of aryl methyl sites for hydroxylation is 1. The van der Waals surface area contributed by atoms with Crippen LogP contribution in [0.3, 0.4) is 0 Å². The molecule has 0 bridgehead atoms. The Labute approximate surface area is 122 Å². The first-order valence-corrected chi connectivity index (χ1v) is 7.53. The zero-order chi connectivity index (χ0) is 14.4. The molecule has 3 heteroatoms. The summed E-state index contributed by atoms with van der Waals surface area (Å²) in [7, 11) is 0. The molecule has 0 amide bonds. The van der Waals surface area contributed by atoms with Crippen LogP contribution in [-0.4, -0.2) is 13.2 Å². The van der Waals surface area contributed by atoms with Crippen LogP contribution < -0.4 is 10.5 Å². The second kappa shape index (κ2) is 7.76. The molecule has 0 spiro atoms. The summed E-state index contributed by atoms with van der Waals surface area (Å²) in [6, 6.07) is 2.00. The lowest BCUT2D eigenvalue weighted by Gasteiger charge is -2.22. The molecule has 0 radical (unpaired) electrons. The topological polar surface area (TPSA) is 35.2 Å². The van der Waals surface area contributed by atoms with E-state index in [-0.39, 0.29) is 0 Å². The number of halogens is 1. The van der Waals surface area contributed by atoms with Crippen LogP contribution in [0.1, 0.15) is 55.7 Å². The third-order valence-electron chi connectivity index (χ3n) is 3.49. The molecule has 0 aliphatic carbocycles. The maximum Gasteiger partial charge on any atom is 0.126 e. The first kappa shape index (κ1) is 16.3. The molecule has 1 rings (SSSR count). The van der Waals surface area contributed by atoms with Gasteiger partial charge in [-0.05, 0) is 62.8 Å². The van der Waals surface area contributed by atoms with Gasteiger partial charge in [0.05, 0.1) is 6.61 Å². The highest BCUT2D eigenvalue weighted by atomic mass is 35.5. The third kappa shape index (κ3) is 4.12. The van der Waals surface area contributed by atoms with Crippen molar-refractivity contribution in [1.82, 2.24) is 0 Å². The fraction of sp³-hybridized carbons (Fsp3) is 0.625. The third-order valence-corrected chi connectivity index (χ3v) is 3.89. The monoisotopic (exact) mass is 283 g/mol. The molecule has 0 aliphatic rings. The van der Waals surface area contributed by atoms with Crippen molar-refractivity contribution in [2.24, 2.45) is 5.73 Å². The highest BCUT2D eigenvalue weighted by molar-refractivity contribution is 6.31. The molecule has 1 atom stereocenters. The van der Waals surface area contributed by atoms with Crippen LogP contribution in [0.15, 0.2) is 6.07 Å². The van der Waals surface area contributed by atoms with E-state index in [1.165, 1.54) is 5.56 Å². The van der Waals surface area contributed by atoms with E-state index in [1.807, 2.05) is 6.07 Å². The average molecular weight is 284 g/mol. The van der Waals surface area contributed by atoms with Crippen LogP contribution in [0.5, 0.6) is 5.75 Å². The van der Waals surface area contributed by atoms with Gasteiger partial charge in [0.2, 0.25) is 0 Å². The summed E-state index contributed by atoms with van der Waals surface area (Å²) in [4.78, 5) is 0. The van der Waals surface area contributed by atoms with E-state index in [2.05, 4.69) is 27.7 Å². The van der Waals surface area contributed by atoms with Crippen LogP contribution in [0.2, 0.25) is 5.02 Å². The van der Waals surface area contributed by atoms with Gasteiger partial charge >= 0.3 is 0 Å². The summed E-state index contributed by atoms with van der Waals surface area (Å²) in [5, 5.41) is 0.830. The van der Waals surface area contributed by atoms with Gasteiger partial charge in [0, 0.05) is 10.6 Å². The molecule has 0 fully saturated rings. The predicted octanol–water partition coefficient (Wildman–Crippen LogP) is 4.59. The maximum absolute atomic E-state index is 6.32. The summed E-state index contributed by atoms with van der Waals surface area (Å²) >= 11 is 6.32. The van der Waals surface area contributed by atoms with Crippen LogP contribution in [0.4, 0.5) is 0 Å². The number of rotatable bonds is 7. The van der Waals surface area contributed by atoms with Crippen molar-refractivity contribution in [3.05, 3.63) is 27.8 Å². The van der Waals surface area contributed by atoms with Gasteiger partial charge in [-0.15, -0.1) is 0 Å². The second-order valence-electron chi connectivity index (χ2n) is 5.22. The van der Waals surface area contributed by atoms with Gasteiger partial charge in [0.1, 0.15) is 5.75 Å². The van der Waals surface area contributed by atoms with Crippen LogP contribution >= 0.6 is 11.6 Å². The zero-order valence-corrected chi connectivity index (χ0v) is 13.3. The minimum Gasteiger partial charge on any atom is -0.493 e. The second-order valence-corrected chi connectivity index (χ2v) is 5.63. The van der Waals surface area contributed by atoms with Crippen molar-refractivity contribution in [2.45, 2.75) is 52.9 Å². The van der Waals surface area contributed by atoms with Gasteiger partial charge in [-0.3, -0.25) is 0 Å². The minimum atomic E-state index is 0.424. The summed E-state index contributed by atoms with van der Waals surface area (Å²) in [5.74, 6) is 1.45. The summed E-state index contributed by atoms with van der Waals surface area (Å²) in [6.07, 6.45) is 3.11. The van der Waals surface area contributed by atoms with Gasteiger partial charge in [0.15, 0.2) is 0 Å². The standard InChI is InChI=1S/C16H26ClNO/c1-5-9-19-16-12(3)10-14(17)13(4)15(16)11(2)7-6-8-18/h10-11H,5-9,18H2,1-4H3. The van der Waals surface area contributed by atoms with Crippen LogP contribution in [0, 0.1) is 13.8 Å². The molecule has 0 saturated carbocycles. The maximum atomic E-state index is 6.32. The molecular weight excluding hydrogens is 258 g/mol. The summed E-state index contributed by atoms with van der Waals surface area (Å²) < 4.78 is 5.96. The largest absolute Gasteiger partial charge is 0.493 e. The van der Waals surface area contributed by atoms with E-state index in [0.717, 1.165) is 54.3 Å². The molecule has 0 aliphatic heterocycles. The molecule has 1 aromatic carbocycles. The smallest absolute Gasteiger partial charge is 0.126 e. The quantitative estimate of drug-likeness (QED) is 0.794. The van der Waals surface area contributed by atoms with Crippen molar-refractivity contribution >= 4 is 11.6 Å². The van der Waals surface area contributed by atoms with Gasteiger partial charge in [-0.2, -0.15) is 0 Å². The van der Waals surface area contributed by atoms with E-state index in [0.29, 0.717) is 5.92 Å².